The van der Waals surface area contributed by atoms with Crippen molar-refractivity contribution in [3.05, 3.63) is 82.0 Å². The van der Waals surface area contributed by atoms with Gasteiger partial charge >= 0.3 is 0 Å². The summed E-state index contributed by atoms with van der Waals surface area (Å²) >= 11 is 1.62. The summed E-state index contributed by atoms with van der Waals surface area (Å²) < 4.78 is 10.7. The van der Waals surface area contributed by atoms with Crippen molar-refractivity contribution in [2.75, 3.05) is 27.3 Å². The molecule has 3 rings (SSSR count). The first kappa shape index (κ1) is 25.3. The molecule has 0 spiro atoms. The second kappa shape index (κ2) is 12.8. The van der Waals surface area contributed by atoms with E-state index in [1.165, 1.54) is 7.11 Å². The Morgan fingerprint density at radius 2 is 1.71 bits per heavy atom. The number of unbranched alkanes of at least 4 members (excludes halogenated alkanes) is 1. The molecule has 3 aromatic rings. The van der Waals surface area contributed by atoms with Crippen LogP contribution in [0.15, 0.2) is 66.0 Å². The zero-order chi connectivity index (χ0) is 24.3. The maximum Gasteiger partial charge on any atom is 0.258 e. The number of hydrogen-bond donors (Lipinski definition) is 0. The fraction of sp³-hybridized carbons (Fsp3) is 0.333. The van der Waals surface area contributed by atoms with E-state index in [-0.39, 0.29) is 18.4 Å². The third kappa shape index (κ3) is 6.84. The second-order valence-corrected chi connectivity index (χ2v) is 8.99. The SMILES string of the molecule is CCCCN(CC(=O)N(Cc1ccccc1)Cc1cccs1)C(=O)c1ccc(OC)cc1OC. The zero-order valence-corrected chi connectivity index (χ0v) is 20.8. The molecule has 0 fully saturated rings. The third-order valence-corrected chi connectivity index (χ3v) is 6.39. The van der Waals surface area contributed by atoms with Gasteiger partial charge in [0.05, 0.1) is 26.3 Å². The van der Waals surface area contributed by atoms with Gasteiger partial charge in [0.15, 0.2) is 0 Å². The number of nitrogens with zero attached hydrogens (tertiary/aromatic N) is 2. The first-order valence-electron chi connectivity index (χ1n) is 11.4. The number of methoxy groups -OCH3 is 2. The van der Waals surface area contributed by atoms with E-state index < -0.39 is 0 Å². The van der Waals surface area contributed by atoms with Crippen LogP contribution in [0.3, 0.4) is 0 Å². The van der Waals surface area contributed by atoms with Crippen molar-refractivity contribution in [3.63, 3.8) is 0 Å². The molecular weight excluding hydrogens is 448 g/mol. The van der Waals surface area contributed by atoms with Crippen LogP contribution in [0.1, 0.15) is 40.6 Å². The van der Waals surface area contributed by atoms with Crippen molar-refractivity contribution in [3.8, 4) is 11.5 Å². The van der Waals surface area contributed by atoms with Crippen LogP contribution in [0.25, 0.3) is 0 Å². The molecule has 0 saturated heterocycles. The zero-order valence-electron chi connectivity index (χ0n) is 20.0. The lowest BCUT2D eigenvalue weighted by molar-refractivity contribution is -0.133. The fourth-order valence-electron chi connectivity index (χ4n) is 3.64. The molecule has 0 radical (unpaired) electrons. The standard InChI is InChI=1S/C27H32N2O4S/c1-4-5-15-28(27(31)24-14-13-22(32-2)17-25(24)33-3)20-26(30)29(19-23-12-9-16-34-23)18-21-10-7-6-8-11-21/h6-14,16-17H,4-5,15,18-20H2,1-3H3. The van der Waals surface area contributed by atoms with E-state index in [9.17, 15) is 9.59 Å². The average molecular weight is 481 g/mol. The van der Waals surface area contributed by atoms with Crippen LogP contribution in [-0.2, 0) is 17.9 Å². The molecular formula is C27H32N2O4S. The smallest absolute Gasteiger partial charge is 0.258 e. The molecule has 0 unspecified atom stereocenters. The van der Waals surface area contributed by atoms with Gasteiger partial charge in [-0.25, -0.2) is 0 Å². The molecule has 0 aliphatic rings. The second-order valence-electron chi connectivity index (χ2n) is 7.96. The highest BCUT2D eigenvalue weighted by Gasteiger charge is 2.25. The quantitative estimate of drug-likeness (QED) is 0.356. The molecule has 0 aliphatic heterocycles. The van der Waals surface area contributed by atoms with Crippen molar-refractivity contribution < 1.29 is 19.1 Å². The highest BCUT2D eigenvalue weighted by molar-refractivity contribution is 7.09. The van der Waals surface area contributed by atoms with Gasteiger partial charge in [-0.1, -0.05) is 49.7 Å². The van der Waals surface area contributed by atoms with Gasteiger partial charge in [0.1, 0.15) is 18.0 Å². The summed E-state index contributed by atoms with van der Waals surface area (Å²) in [6, 6.07) is 19.0. The molecule has 34 heavy (non-hydrogen) atoms. The maximum atomic E-state index is 13.5. The van der Waals surface area contributed by atoms with Crippen LogP contribution in [0.4, 0.5) is 0 Å². The first-order chi connectivity index (χ1) is 16.5. The van der Waals surface area contributed by atoms with Gasteiger partial charge in [-0.15, -0.1) is 11.3 Å². The molecule has 1 heterocycles. The monoisotopic (exact) mass is 480 g/mol. The molecule has 0 N–H and O–H groups in total. The van der Waals surface area contributed by atoms with Crippen LogP contribution < -0.4 is 9.47 Å². The fourth-order valence-corrected chi connectivity index (χ4v) is 4.36. The van der Waals surface area contributed by atoms with Gasteiger partial charge in [-0.2, -0.15) is 0 Å². The number of thiophene rings is 1. The average Bonchev–Trinajstić information content (AvgIpc) is 3.39. The number of rotatable bonds is 12. The topological polar surface area (TPSA) is 59.1 Å². The van der Waals surface area contributed by atoms with Crippen LogP contribution in [0.5, 0.6) is 11.5 Å². The van der Waals surface area contributed by atoms with E-state index in [1.807, 2.05) is 52.7 Å². The highest BCUT2D eigenvalue weighted by atomic mass is 32.1. The van der Waals surface area contributed by atoms with Crippen LogP contribution in [0.2, 0.25) is 0 Å². The van der Waals surface area contributed by atoms with Gasteiger partial charge in [-0.05, 0) is 35.6 Å². The van der Waals surface area contributed by atoms with Crippen molar-refractivity contribution >= 4 is 23.2 Å². The summed E-state index contributed by atoms with van der Waals surface area (Å²) in [7, 11) is 3.09. The van der Waals surface area contributed by atoms with E-state index in [1.54, 1.807) is 41.5 Å². The van der Waals surface area contributed by atoms with Gasteiger partial charge in [0.25, 0.3) is 5.91 Å². The summed E-state index contributed by atoms with van der Waals surface area (Å²) in [5, 5.41) is 2.01. The number of carbonyl (C=O) groups excluding carboxylic acids is 2. The summed E-state index contributed by atoms with van der Waals surface area (Å²) in [5.41, 5.74) is 1.47. The largest absolute Gasteiger partial charge is 0.497 e. The summed E-state index contributed by atoms with van der Waals surface area (Å²) in [4.78, 5) is 31.6. The van der Waals surface area contributed by atoms with E-state index in [2.05, 4.69) is 6.92 Å². The molecule has 0 aliphatic carbocycles. The van der Waals surface area contributed by atoms with Gasteiger partial charge < -0.3 is 19.3 Å². The van der Waals surface area contributed by atoms with E-state index in [0.29, 0.717) is 36.7 Å². The van der Waals surface area contributed by atoms with Crippen molar-refractivity contribution in [2.45, 2.75) is 32.9 Å². The number of hydrogen-bond acceptors (Lipinski definition) is 5. The maximum absolute atomic E-state index is 13.5. The Morgan fingerprint density at radius 3 is 2.35 bits per heavy atom. The van der Waals surface area contributed by atoms with Gasteiger partial charge in [-0.3, -0.25) is 9.59 Å². The van der Waals surface area contributed by atoms with Gasteiger partial charge in [0, 0.05) is 24.0 Å². The Balaban J connectivity index is 1.83. The van der Waals surface area contributed by atoms with Crippen molar-refractivity contribution in [1.29, 1.82) is 0 Å². The predicted octanol–water partition coefficient (Wildman–Crippen LogP) is 5.24. The van der Waals surface area contributed by atoms with Crippen LogP contribution >= 0.6 is 11.3 Å². The van der Waals surface area contributed by atoms with E-state index in [4.69, 9.17) is 9.47 Å². The molecule has 2 amide bonds. The Labute approximate surface area is 205 Å². The highest BCUT2D eigenvalue weighted by Crippen LogP contribution is 2.26. The molecule has 6 nitrogen and oxygen atoms in total. The predicted molar refractivity (Wildman–Crippen MR) is 135 cm³/mol. The lowest BCUT2D eigenvalue weighted by Gasteiger charge is -2.28. The Hall–Kier alpha value is -3.32. The van der Waals surface area contributed by atoms with Crippen LogP contribution in [0, 0.1) is 0 Å². The minimum absolute atomic E-state index is 0.00618. The van der Waals surface area contributed by atoms with Crippen LogP contribution in [-0.4, -0.2) is 48.9 Å². The van der Waals surface area contributed by atoms with Gasteiger partial charge in [0.2, 0.25) is 5.91 Å². The number of benzene rings is 2. The molecule has 0 atom stereocenters. The third-order valence-electron chi connectivity index (χ3n) is 5.53. The number of amides is 2. The summed E-state index contributed by atoms with van der Waals surface area (Å²) in [6.45, 7) is 3.56. The Kier molecular flexibility index (Phi) is 9.52. The molecule has 7 heteroatoms. The molecule has 0 saturated carbocycles. The molecule has 180 valence electrons. The van der Waals surface area contributed by atoms with Crippen molar-refractivity contribution in [2.24, 2.45) is 0 Å². The van der Waals surface area contributed by atoms with Crippen molar-refractivity contribution in [1.82, 2.24) is 9.80 Å². The Morgan fingerprint density at radius 1 is 0.912 bits per heavy atom. The van der Waals surface area contributed by atoms with E-state index in [0.717, 1.165) is 23.3 Å². The summed E-state index contributed by atoms with van der Waals surface area (Å²) in [6.07, 6.45) is 1.72. The van der Waals surface area contributed by atoms with E-state index >= 15 is 0 Å². The summed E-state index contributed by atoms with van der Waals surface area (Å²) in [5.74, 6) is 0.721. The first-order valence-corrected chi connectivity index (χ1v) is 12.3. The molecule has 0 bridgehead atoms. The minimum atomic E-state index is -0.225. The number of ether oxygens (including phenoxy) is 2. The lowest BCUT2D eigenvalue weighted by Crippen LogP contribution is -2.43. The lowest BCUT2D eigenvalue weighted by atomic mass is 10.1. The molecule has 1 aromatic heterocycles. The minimum Gasteiger partial charge on any atom is -0.497 e. The number of carbonyl (C=O) groups is 2. The molecule has 2 aromatic carbocycles. The normalized spacial score (nSPS) is 10.6. The Bertz CT molecular complexity index is 1050.